The number of hydrogen-bond acceptors (Lipinski definition) is 13. The topological polar surface area (TPSA) is 207 Å². The molecule has 0 radical (unpaired) electrons. The van der Waals surface area contributed by atoms with E-state index in [0.29, 0.717) is 0 Å². The SMILES string of the molecule is CC1=C([C@@H]2O[C@H](CO)[C@@H](O)[C@H](O)[C@H]2Nc2ccc([N+](=O)[O-])c3nonc23)C(OC(=O)C2C(C=C(Cl)Cl)C2(C)C)CC1=O. The summed E-state index contributed by atoms with van der Waals surface area (Å²) in [5.74, 6) is -1.75. The molecule has 1 saturated heterocycles. The van der Waals surface area contributed by atoms with Crippen molar-refractivity contribution in [1.82, 2.24) is 10.3 Å². The molecule has 226 valence electrons. The van der Waals surface area contributed by atoms with Crippen LogP contribution in [0.3, 0.4) is 0 Å². The first-order valence-corrected chi connectivity index (χ1v) is 13.8. The number of allylic oxidation sites excluding steroid dienone is 2. The minimum atomic E-state index is -1.58. The number of anilines is 1. The van der Waals surface area contributed by atoms with Crippen LogP contribution in [0.1, 0.15) is 27.2 Å². The summed E-state index contributed by atoms with van der Waals surface area (Å²) in [5, 5.41) is 53.5. The Labute approximate surface area is 248 Å². The van der Waals surface area contributed by atoms with Crippen LogP contribution in [0, 0.1) is 27.4 Å². The van der Waals surface area contributed by atoms with Gasteiger partial charge in [-0.1, -0.05) is 37.0 Å². The fourth-order valence-corrected chi connectivity index (χ4v) is 6.24. The summed E-state index contributed by atoms with van der Waals surface area (Å²) in [5.41, 5.74) is -0.426. The lowest BCUT2D eigenvalue weighted by Gasteiger charge is -2.44. The van der Waals surface area contributed by atoms with Crippen molar-refractivity contribution in [3.05, 3.63) is 44.0 Å². The summed E-state index contributed by atoms with van der Waals surface area (Å²) in [6, 6.07) is 1.28. The summed E-state index contributed by atoms with van der Waals surface area (Å²) in [7, 11) is 0. The van der Waals surface area contributed by atoms with E-state index in [1.165, 1.54) is 13.0 Å². The minimum Gasteiger partial charge on any atom is -0.457 e. The first kappa shape index (κ1) is 30.3. The van der Waals surface area contributed by atoms with Crippen molar-refractivity contribution in [2.45, 2.75) is 63.8 Å². The number of ketones is 1. The molecule has 2 aliphatic carbocycles. The van der Waals surface area contributed by atoms with Gasteiger partial charge in [0.2, 0.25) is 5.52 Å². The van der Waals surface area contributed by atoms with Gasteiger partial charge in [-0.2, -0.15) is 0 Å². The molecule has 0 amide bonds. The van der Waals surface area contributed by atoms with Crippen molar-refractivity contribution in [2.75, 3.05) is 11.9 Å². The highest BCUT2D eigenvalue weighted by Crippen LogP contribution is 2.60. The molecule has 0 spiro atoms. The number of carbonyl (C=O) groups is 2. The smallest absolute Gasteiger partial charge is 0.310 e. The van der Waals surface area contributed by atoms with Gasteiger partial charge in [0.25, 0.3) is 0 Å². The van der Waals surface area contributed by atoms with E-state index in [9.17, 15) is 35.0 Å². The second kappa shape index (κ2) is 11.2. The van der Waals surface area contributed by atoms with Crippen molar-refractivity contribution in [3.63, 3.8) is 0 Å². The van der Waals surface area contributed by atoms with Crippen LogP contribution in [0.2, 0.25) is 0 Å². The third-order valence-electron chi connectivity index (χ3n) is 8.44. The quantitative estimate of drug-likeness (QED) is 0.188. The van der Waals surface area contributed by atoms with Crippen molar-refractivity contribution < 1.29 is 43.9 Å². The molecule has 1 aromatic carbocycles. The Balaban J connectivity index is 1.49. The number of nitrogens with one attached hydrogen (secondary N) is 1. The van der Waals surface area contributed by atoms with Crippen LogP contribution >= 0.6 is 23.2 Å². The Kier molecular flexibility index (Phi) is 8.06. The zero-order valence-corrected chi connectivity index (χ0v) is 24.1. The summed E-state index contributed by atoms with van der Waals surface area (Å²) in [4.78, 5) is 37.0. The number of rotatable bonds is 8. The Morgan fingerprint density at radius 1 is 1.26 bits per heavy atom. The number of aliphatic hydroxyl groups excluding tert-OH is 3. The molecule has 42 heavy (non-hydrogen) atoms. The summed E-state index contributed by atoms with van der Waals surface area (Å²) in [6.07, 6.45) is -5.28. The zero-order valence-electron chi connectivity index (χ0n) is 22.6. The predicted molar refractivity (Wildman–Crippen MR) is 146 cm³/mol. The number of benzene rings is 1. The van der Waals surface area contributed by atoms with Crippen molar-refractivity contribution in [1.29, 1.82) is 0 Å². The van der Waals surface area contributed by atoms with Gasteiger partial charge in [0.1, 0.15) is 35.0 Å². The highest BCUT2D eigenvalue weighted by molar-refractivity contribution is 6.55. The van der Waals surface area contributed by atoms with E-state index < -0.39 is 65.4 Å². The highest BCUT2D eigenvalue weighted by Gasteiger charge is 2.62. The van der Waals surface area contributed by atoms with Gasteiger partial charge < -0.3 is 30.1 Å². The molecule has 3 unspecified atom stereocenters. The third kappa shape index (κ3) is 5.16. The average molecular weight is 627 g/mol. The molecule has 1 saturated carbocycles. The number of aromatic nitrogens is 2. The molecule has 1 aliphatic heterocycles. The van der Waals surface area contributed by atoms with Crippen molar-refractivity contribution in [2.24, 2.45) is 17.3 Å². The number of fused-ring (bicyclic) bond motifs is 1. The lowest BCUT2D eigenvalue weighted by atomic mass is 9.86. The molecule has 3 aliphatic rings. The average Bonchev–Trinajstić information content (AvgIpc) is 3.22. The molecule has 2 aromatic rings. The molecule has 2 heterocycles. The fourth-order valence-electron chi connectivity index (χ4n) is 5.96. The van der Waals surface area contributed by atoms with Crippen LogP contribution in [0.4, 0.5) is 11.4 Å². The van der Waals surface area contributed by atoms with Crippen LogP contribution in [-0.4, -0.2) is 85.5 Å². The van der Waals surface area contributed by atoms with Gasteiger partial charge in [-0.25, -0.2) is 4.63 Å². The number of nitro benzene ring substituents is 1. The Morgan fingerprint density at radius 2 is 1.95 bits per heavy atom. The Hall–Kier alpha value is -3.14. The molecule has 5 rings (SSSR count). The number of ether oxygens (including phenoxy) is 2. The number of hydrogen-bond donors (Lipinski definition) is 4. The number of esters is 1. The minimum absolute atomic E-state index is 0.0191. The lowest BCUT2D eigenvalue weighted by Crippen LogP contribution is -2.62. The van der Waals surface area contributed by atoms with E-state index in [4.69, 9.17) is 37.3 Å². The standard InChI is InChI=1S/C26H28Cl2N4O10/c1-9-13(34)7-14(41-25(37)18-10(6-16(27)28)26(18,2)3)17(9)24-21(23(36)22(35)15(8-33)40-24)29-11-4-5-12(32(38)39)20-19(11)30-42-31-20/h4-6,10,14-15,18,21-24,29,33,35-36H,7-8H2,1-3H3/t10?,14?,15-,18?,21-,22-,23-,24+/m1/s1. The molecule has 16 heteroatoms. The molecule has 4 N–H and O–H groups in total. The maximum atomic E-state index is 13.3. The summed E-state index contributed by atoms with van der Waals surface area (Å²) >= 11 is 11.6. The van der Waals surface area contributed by atoms with Gasteiger partial charge in [-0.05, 0) is 46.3 Å². The highest BCUT2D eigenvalue weighted by atomic mass is 35.5. The Morgan fingerprint density at radius 3 is 2.60 bits per heavy atom. The van der Waals surface area contributed by atoms with E-state index >= 15 is 0 Å². The maximum absolute atomic E-state index is 13.3. The van der Waals surface area contributed by atoms with Gasteiger partial charge in [-0.3, -0.25) is 19.7 Å². The van der Waals surface area contributed by atoms with Crippen LogP contribution in [0.5, 0.6) is 0 Å². The van der Waals surface area contributed by atoms with E-state index in [-0.39, 0.29) is 56.2 Å². The molecule has 2 fully saturated rings. The second-order valence-electron chi connectivity index (χ2n) is 11.2. The van der Waals surface area contributed by atoms with Crippen molar-refractivity contribution >= 4 is 57.4 Å². The van der Waals surface area contributed by atoms with Crippen LogP contribution in [-0.2, 0) is 19.1 Å². The van der Waals surface area contributed by atoms with E-state index in [1.54, 1.807) is 6.08 Å². The normalized spacial score (nSPS) is 32.1. The van der Waals surface area contributed by atoms with E-state index in [1.807, 2.05) is 13.8 Å². The first-order chi connectivity index (χ1) is 19.8. The molecular formula is C26H28Cl2N4O10. The third-order valence-corrected chi connectivity index (χ3v) is 8.70. The fraction of sp³-hybridized carbons (Fsp3) is 0.538. The van der Waals surface area contributed by atoms with Crippen LogP contribution in [0.15, 0.2) is 38.5 Å². The number of carbonyl (C=O) groups excluding carboxylic acids is 2. The van der Waals surface area contributed by atoms with Crippen LogP contribution in [0.25, 0.3) is 11.0 Å². The molecule has 8 atom stereocenters. The van der Waals surface area contributed by atoms with E-state index in [2.05, 4.69) is 15.6 Å². The number of nitro groups is 1. The molecule has 0 bridgehead atoms. The lowest BCUT2D eigenvalue weighted by molar-refractivity contribution is -0.383. The number of aliphatic hydroxyl groups is 3. The monoisotopic (exact) mass is 626 g/mol. The summed E-state index contributed by atoms with van der Waals surface area (Å²) < 4.78 is 16.6. The maximum Gasteiger partial charge on any atom is 0.310 e. The number of non-ortho nitro benzene ring substituents is 1. The molecular weight excluding hydrogens is 599 g/mol. The van der Waals surface area contributed by atoms with E-state index in [0.717, 1.165) is 6.07 Å². The summed E-state index contributed by atoms with van der Waals surface area (Å²) in [6.45, 7) is 4.58. The zero-order chi connectivity index (χ0) is 30.7. The van der Waals surface area contributed by atoms with Crippen molar-refractivity contribution in [3.8, 4) is 0 Å². The first-order valence-electron chi connectivity index (χ1n) is 13.0. The largest absolute Gasteiger partial charge is 0.457 e. The van der Waals surface area contributed by atoms with Gasteiger partial charge in [0.05, 0.1) is 35.6 Å². The van der Waals surface area contributed by atoms with Gasteiger partial charge in [0, 0.05) is 11.6 Å². The molecule has 1 aromatic heterocycles. The Bertz CT molecular complexity index is 1500. The van der Waals surface area contributed by atoms with Gasteiger partial charge in [-0.15, -0.1) is 0 Å². The second-order valence-corrected chi connectivity index (χ2v) is 12.2. The number of nitrogens with zero attached hydrogens (tertiary/aromatic N) is 3. The van der Waals surface area contributed by atoms with Gasteiger partial charge >= 0.3 is 11.7 Å². The molecule has 14 nitrogen and oxygen atoms in total. The predicted octanol–water partition coefficient (Wildman–Crippen LogP) is 2.19. The number of Topliss-reactive ketones (excluding diaryl/α,β-unsaturated/α-hetero) is 1. The van der Waals surface area contributed by atoms with Crippen LogP contribution < -0.4 is 5.32 Å². The van der Waals surface area contributed by atoms with Gasteiger partial charge in [0.15, 0.2) is 11.3 Å². The number of halogens is 2.